The van der Waals surface area contributed by atoms with Crippen molar-refractivity contribution in [3.05, 3.63) is 29.8 Å². The van der Waals surface area contributed by atoms with Crippen LogP contribution in [-0.4, -0.2) is 28.3 Å². The third-order valence-corrected chi connectivity index (χ3v) is 2.65. The minimum Gasteiger partial charge on any atom is -0.462 e. The zero-order valence-electron chi connectivity index (χ0n) is 10.8. The van der Waals surface area contributed by atoms with E-state index in [1.54, 1.807) is 6.92 Å². The maximum absolute atomic E-state index is 11.5. The van der Waals surface area contributed by atoms with Crippen LogP contribution in [0.5, 0.6) is 0 Å². The summed E-state index contributed by atoms with van der Waals surface area (Å²) < 4.78 is 2.58. The Hall–Kier alpha value is -1.50. The van der Waals surface area contributed by atoms with Gasteiger partial charge in [0.2, 0.25) is 0 Å². The van der Waals surface area contributed by atoms with Crippen LogP contribution in [0, 0.1) is 0 Å². The molecule has 0 unspecified atom stereocenters. The molecule has 114 valence electrons. The van der Waals surface area contributed by atoms with E-state index in [0.717, 1.165) is 0 Å². The van der Waals surface area contributed by atoms with Gasteiger partial charge >= 0.3 is 12.0 Å². The molecule has 1 aromatic rings. The number of nitrogens with one attached hydrogen (secondary N) is 2. The third-order valence-electron chi connectivity index (χ3n) is 2.14. The molecular weight excluding hydrogens is 343 g/mol. The fourth-order valence-corrected chi connectivity index (χ4v) is 1.38. The number of carbonyl (C=O) groups excluding carboxylic acids is 3. The van der Waals surface area contributed by atoms with Crippen LogP contribution in [0.15, 0.2) is 24.3 Å². The number of urea groups is 1. The fourth-order valence-electron chi connectivity index (χ4n) is 1.24. The quantitative estimate of drug-likeness (QED) is 0.646. The maximum Gasteiger partial charge on any atom is 0.338 e. The molecule has 0 aliphatic heterocycles. The molecular formula is C12H11Cl3N2O4. The molecule has 2 N–H and O–H groups in total. The first kappa shape index (κ1) is 17.6. The van der Waals surface area contributed by atoms with Crippen LogP contribution in [0.4, 0.5) is 10.5 Å². The first-order valence-corrected chi connectivity index (χ1v) is 6.83. The molecule has 1 rings (SSSR count). The molecule has 0 aliphatic carbocycles. The first-order chi connectivity index (χ1) is 9.74. The monoisotopic (exact) mass is 352 g/mol. The molecule has 0 atom stereocenters. The van der Waals surface area contributed by atoms with E-state index in [9.17, 15) is 14.4 Å². The Morgan fingerprint density at radius 2 is 1.71 bits per heavy atom. The molecule has 0 aromatic heterocycles. The van der Waals surface area contributed by atoms with Gasteiger partial charge in [0.1, 0.15) is 0 Å². The molecule has 0 bridgehead atoms. The van der Waals surface area contributed by atoms with E-state index in [-0.39, 0.29) is 6.61 Å². The minimum absolute atomic E-state index is 0.264. The van der Waals surface area contributed by atoms with E-state index in [2.05, 4.69) is 5.32 Å². The van der Waals surface area contributed by atoms with Gasteiger partial charge in [-0.25, -0.2) is 9.59 Å². The molecule has 0 radical (unpaired) electrons. The lowest BCUT2D eigenvalue weighted by Crippen LogP contribution is -2.41. The van der Waals surface area contributed by atoms with Gasteiger partial charge in [-0.05, 0) is 31.2 Å². The topological polar surface area (TPSA) is 84.5 Å². The first-order valence-electron chi connectivity index (χ1n) is 5.70. The summed E-state index contributed by atoms with van der Waals surface area (Å²) in [5, 5.41) is 4.19. The second-order valence-electron chi connectivity index (χ2n) is 3.70. The van der Waals surface area contributed by atoms with Gasteiger partial charge in [0, 0.05) is 5.69 Å². The van der Waals surface area contributed by atoms with Crippen LogP contribution < -0.4 is 10.6 Å². The SMILES string of the molecule is CCOC(=O)c1ccc(NC(=O)NC(=O)C(Cl)(Cl)Cl)cc1. The van der Waals surface area contributed by atoms with E-state index in [4.69, 9.17) is 39.5 Å². The van der Waals surface area contributed by atoms with Crippen molar-refractivity contribution in [2.75, 3.05) is 11.9 Å². The number of carbonyl (C=O) groups is 3. The third kappa shape index (κ3) is 5.79. The number of imide groups is 1. The van der Waals surface area contributed by atoms with Crippen LogP contribution >= 0.6 is 34.8 Å². The number of alkyl halides is 3. The summed E-state index contributed by atoms with van der Waals surface area (Å²) in [5.74, 6) is -1.55. The number of rotatable bonds is 3. The highest BCUT2D eigenvalue weighted by atomic mass is 35.6. The minimum atomic E-state index is -2.23. The zero-order valence-corrected chi connectivity index (χ0v) is 13.1. The number of benzene rings is 1. The van der Waals surface area contributed by atoms with Crippen molar-refractivity contribution >= 4 is 58.4 Å². The van der Waals surface area contributed by atoms with Gasteiger partial charge in [-0.2, -0.15) is 0 Å². The van der Waals surface area contributed by atoms with Gasteiger partial charge < -0.3 is 10.1 Å². The van der Waals surface area contributed by atoms with Crippen LogP contribution in [0.25, 0.3) is 0 Å². The highest BCUT2D eigenvalue weighted by Crippen LogP contribution is 2.25. The van der Waals surface area contributed by atoms with Crippen LogP contribution in [0.3, 0.4) is 0 Å². The second-order valence-corrected chi connectivity index (χ2v) is 5.99. The summed E-state index contributed by atoms with van der Waals surface area (Å²) in [6.07, 6.45) is 0. The molecule has 6 nitrogen and oxygen atoms in total. The highest BCUT2D eigenvalue weighted by molar-refractivity contribution is 6.76. The van der Waals surface area contributed by atoms with E-state index < -0.39 is 21.7 Å². The Labute approximate surface area is 135 Å². The summed E-state index contributed by atoms with van der Waals surface area (Å²) in [6, 6.07) is 4.99. The number of anilines is 1. The normalized spacial score (nSPS) is 10.7. The predicted octanol–water partition coefficient (Wildman–Crippen LogP) is 2.88. The molecule has 0 saturated heterocycles. The Bertz CT molecular complexity index is 540. The number of amides is 3. The predicted molar refractivity (Wildman–Crippen MR) is 79.8 cm³/mol. The zero-order chi connectivity index (χ0) is 16.0. The van der Waals surface area contributed by atoms with Gasteiger partial charge in [0.25, 0.3) is 9.70 Å². The highest BCUT2D eigenvalue weighted by Gasteiger charge is 2.31. The molecule has 21 heavy (non-hydrogen) atoms. The van der Waals surface area contributed by atoms with E-state index >= 15 is 0 Å². The Morgan fingerprint density at radius 1 is 1.14 bits per heavy atom. The standard InChI is InChI=1S/C12H11Cl3N2O4/c1-2-21-9(18)7-3-5-8(6-4-7)16-11(20)17-10(19)12(13,14)15/h3-6H,2H2,1H3,(H2,16,17,19,20). The van der Waals surface area contributed by atoms with E-state index in [0.29, 0.717) is 11.3 Å². The van der Waals surface area contributed by atoms with Crippen molar-refractivity contribution in [2.45, 2.75) is 10.7 Å². The lowest BCUT2D eigenvalue weighted by atomic mass is 10.2. The summed E-state index contributed by atoms with van der Waals surface area (Å²) >= 11 is 15.9. The summed E-state index contributed by atoms with van der Waals surface area (Å²) in [4.78, 5) is 34.2. The molecule has 9 heteroatoms. The van der Waals surface area contributed by atoms with Crippen LogP contribution in [0.2, 0.25) is 0 Å². The largest absolute Gasteiger partial charge is 0.462 e. The number of esters is 1. The number of hydrogen-bond donors (Lipinski definition) is 2. The molecule has 0 spiro atoms. The Kier molecular flexibility index (Phi) is 6.26. The lowest BCUT2D eigenvalue weighted by Gasteiger charge is -2.11. The average molecular weight is 354 g/mol. The van der Waals surface area contributed by atoms with Crippen molar-refractivity contribution in [2.24, 2.45) is 0 Å². The maximum atomic E-state index is 11.5. The lowest BCUT2D eigenvalue weighted by molar-refractivity contribution is -0.119. The summed E-state index contributed by atoms with van der Waals surface area (Å²) in [5.41, 5.74) is 0.679. The van der Waals surface area contributed by atoms with Gasteiger partial charge in [-0.15, -0.1) is 0 Å². The second kappa shape index (κ2) is 7.49. The Morgan fingerprint density at radius 3 is 2.19 bits per heavy atom. The van der Waals surface area contributed by atoms with Crippen molar-refractivity contribution in [1.29, 1.82) is 0 Å². The molecule has 0 fully saturated rings. The van der Waals surface area contributed by atoms with Crippen molar-refractivity contribution in [1.82, 2.24) is 5.32 Å². The van der Waals surface area contributed by atoms with Gasteiger partial charge in [-0.3, -0.25) is 10.1 Å². The van der Waals surface area contributed by atoms with E-state index in [1.807, 2.05) is 5.32 Å². The smallest absolute Gasteiger partial charge is 0.338 e. The van der Waals surface area contributed by atoms with Gasteiger partial charge in [0.05, 0.1) is 12.2 Å². The number of halogens is 3. The average Bonchev–Trinajstić information content (AvgIpc) is 2.38. The van der Waals surface area contributed by atoms with Crippen molar-refractivity contribution in [3.63, 3.8) is 0 Å². The number of ether oxygens (including phenoxy) is 1. The molecule has 0 aliphatic rings. The van der Waals surface area contributed by atoms with Crippen LogP contribution in [-0.2, 0) is 9.53 Å². The fraction of sp³-hybridized carbons (Fsp3) is 0.250. The Balaban J connectivity index is 2.62. The summed E-state index contributed by atoms with van der Waals surface area (Å²) in [6.45, 7) is 1.96. The van der Waals surface area contributed by atoms with Crippen LogP contribution in [0.1, 0.15) is 17.3 Å². The van der Waals surface area contributed by atoms with Crippen molar-refractivity contribution < 1.29 is 19.1 Å². The molecule has 0 heterocycles. The number of hydrogen-bond acceptors (Lipinski definition) is 4. The van der Waals surface area contributed by atoms with E-state index in [1.165, 1.54) is 24.3 Å². The van der Waals surface area contributed by atoms with Gasteiger partial charge in [-0.1, -0.05) is 34.8 Å². The molecule has 1 aromatic carbocycles. The molecule has 0 saturated carbocycles. The van der Waals surface area contributed by atoms with Gasteiger partial charge in [0.15, 0.2) is 0 Å². The summed E-state index contributed by atoms with van der Waals surface area (Å²) in [7, 11) is 0. The molecule has 3 amide bonds. The van der Waals surface area contributed by atoms with Crippen molar-refractivity contribution in [3.8, 4) is 0 Å².